The van der Waals surface area contributed by atoms with Gasteiger partial charge in [0.15, 0.2) is 0 Å². The molecule has 0 spiro atoms. The first-order chi connectivity index (χ1) is 21.1. The van der Waals surface area contributed by atoms with Gasteiger partial charge in [0.25, 0.3) is 0 Å². The van der Waals surface area contributed by atoms with Crippen molar-refractivity contribution >= 4 is 73.6 Å². The van der Waals surface area contributed by atoms with E-state index in [-0.39, 0.29) is 0 Å². The van der Waals surface area contributed by atoms with Crippen molar-refractivity contribution in [2.24, 2.45) is 30.7 Å². The minimum absolute atomic E-state index is 0.339. The molecule has 43 heavy (non-hydrogen) atoms. The van der Waals surface area contributed by atoms with E-state index in [2.05, 4.69) is 53.3 Å². The summed E-state index contributed by atoms with van der Waals surface area (Å²) in [6.45, 7) is 2.36. The summed E-state index contributed by atoms with van der Waals surface area (Å²) in [4.78, 5) is 11.7. The number of benzene rings is 5. The maximum absolute atomic E-state index is 11.7. The van der Waals surface area contributed by atoms with Crippen molar-refractivity contribution in [3.63, 3.8) is 0 Å². The van der Waals surface area contributed by atoms with Gasteiger partial charge in [-0.1, -0.05) is 37.6 Å². The number of hydrogen-bond donors (Lipinski definition) is 0. The normalized spacial score (nSPS) is 11.6. The van der Waals surface area contributed by atoms with E-state index in [0.717, 1.165) is 38.6 Å². The van der Waals surface area contributed by atoms with Gasteiger partial charge in [-0.05, 0) is 114 Å². The second-order valence-corrected chi connectivity index (χ2v) is 10.5. The zero-order chi connectivity index (χ0) is 29.9. The fourth-order valence-corrected chi connectivity index (χ4v) is 4.24. The zero-order valence-electron chi connectivity index (χ0n) is 23.3. The van der Waals surface area contributed by atoms with Crippen LogP contribution < -0.4 is 4.74 Å². The Balaban J connectivity index is 1.25. The maximum atomic E-state index is 11.7. The first kappa shape index (κ1) is 29.6. The summed E-state index contributed by atoms with van der Waals surface area (Å²) in [7, 11) is 0. The number of halogens is 1. The Labute approximate surface area is 262 Å². The highest BCUT2D eigenvalue weighted by Gasteiger charge is 2.07. The molecule has 0 heterocycles. The highest BCUT2D eigenvalue weighted by molar-refractivity contribution is 14.1. The Morgan fingerprint density at radius 2 is 1.05 bits per heavy atom. The van der Waals surface area contributed by atoms with E-state index in [9.17, 15) is 4.79 Å². The summed E-state index contributed by atoms with van der Waals surface area (Å²) in [6, 6.07) is 33.5. The van der Waals surface area contributed by atoms with Gasteiger partial charge in [0.1, 0.15) is 5.75 Å². The Hall–Kier alpha value is -4.84. The molecule has 0 aliphatic heterocycles. The van der Waals surface area contributed by atoms with Gasteiger partial charge in [-0.15, -0.1) is 10.2 Å². The topological polar surface area (TPSA) is 110 Å². The fourth-order valence-electron chi connectivity index (χ4n) is 3.88. The van der Waals surface area contributed by atoms with E-state index < -0.39 is 6.16 Å². The number of nitrogens with zero attached hydrogens (tertiary/aromatic N) is 6. The van der Waals surface area contributed by atoms with E-state index >= 15 is 0 Å². The van der Waals surface area contributed by atoms with Crippen molar-refractivity contribution in [2.45, 2.75) is 19.8 Å². The van der Waals surface area contributed by atoms with Crippen LogP contribution in [0.2, 0.25) is 0 Å². The standard InChI is InChI=1S/C33H27IN6O3/c1-2-3-22-42-33(41)43-28-18-16-27(17-19-28)38-40-32-21-20-31(29-6-4-5-7-30(29)32)39-37-26-14-12-25(13-15-26)36-35-24-10-8-23(34)9-11-24/h4-21H,2-3,22H2,1H3/b36-35+,39-37+,40-38+. The summed E-state index contributed by atoms with van der Waals surface area (Å²) < 4.78 is 11.3. The van der Waals surface area contributed by atoms with Gasteiger partial charge < -0.3 is 9.47 Å². The van der Waals surface area contributed by atoms with Gasteiger partial charge in [-0.2, -0.15) is 20.5 Å². The van der Waals surface area contributed by atoms with Crippen LogP contribution in [0.5, 0.6) is 5.75 Å². The average Bonchev–Trinajstić information content (AvgIpc) is 3.04. The Morgan fingerprint density at radius 1 is 0.605 bits per heavy atom. The molecule has 0 aliphatic rings. The molecule has 5 aromatic rings. The number of azo groups is 3. The summed E-state index contributed by atoms with van der Waals surface area (Å²) in [5.41, 5.74) is 4.23. The van der Waals surface area contributed by atoms with Crippen LogP contribution in [0.3, 0.4) is 0 Å². The highest BCUT2D eigenvalue weighted by atomic mass is 127. The predicted octanol–water partition coefficient (Wildman–Crippen LogP) is 12.0. The van der Waals surface area contributed by atoms with Crippen LogP contribution in [0.25, 0.3) is 10.8 Å². The van der Waals surface area contributed by atoms with Crippen LogP contribution in [0.1, 0.15) is 19.8 Å². The molecule has 5 rings (SSSR count). The molecular formula is C33H27IN6O3. The molecule has 0 atom stereocenters. The molecule has 0 N–H and O–H groups in total. The smallest absolute Gasteiger partial charge is 0.434 e. The maximum Gasteiger partial charge on any atom is 0.513 e. The molecule has 0 saturated carbocycles. The predicted molar refractivity (Wildman–Crippen MR) is 175 cm³/mol. The molecule has 214 valence electrons. The third-order valence-electron chi connectivity index (χ3n) is 6.14. The minimum atomic E-state index is -0.719. The molecular weight excluding hydrogens is 655 g/mol. The summed E-state index contributed by atoms with van der Waals surface area (Å²) in [5, 5.41) is 28.1. The largest absolute Gasteiger partial charge is 0.513 e. The van der Waals surface area contributed by atoms with Crippen LogP contribution in [0.4, 0.5) is 38.9 Å². The van der Waals surface area contributed by atoms with E-state index in [1.807, 2.05) is 91.9 Å². The molecule has 0 unspecified atom stereocenters. The lowest BCUT2D eigenvalue weighted by atomic mass is 10.1. The van der Waals surface area contributed by atoms with Gasteiger partial charge in [0.2, 0.25) is 0 Å². The molecule has 0 aliphatic carbocycles. The summed E-state index contributed by atoms with van der Waals surface area (Å²) in [5.74, 6) is 0.377. The molecule has 5 aromatic carbocycles. The number of fused-ring (bicyclic) bond motifs is 1. The third kappa shape index (κ3) is 8.58. The van der Waals surface area contributed by atoms with Gasteiger partial charge >= 0.3 is 6.16 Å². The first-order valence-corrected chi connectivity index (χ1v) is 14.7. The molecule has 0 bridgehead atoms. The SMILES string of the molecule is CCCCOC(=O)Oc1ccc(/N=N/c2ccc(/N=N/c3ccc(/N=N/c4ccc(I)cc4)cc3)c3ccccc23)cc1. The molecule has 0 saturated heterocycles. The highest BCUT2D eigenvalue weighted by Crippen LogP contribution is 2.35. The average molecular weight is 683 g/mol. The van der Waals surface area contributed by atoms with Gasteiger partial charge in [-0.25, -0.2) is 4.79 Å². The van der Waals surface area contributed by atoms with Gasteiger partial charge in [0.05, 0.1) is 40.7 Å². The second-order valence-electron chi connectivity index (χ2n) is 9.29. The van der Waals surface area contributed by atoms with E-state index in [0.29, 0.717) is 35.1 Å². The quantitative estimate of drug-likeness (QED) is 0.0480. The molecule has 0 radical (unpaired) electrons. The van der Waals surface area contributed by atoms with Crippen molar-refractivity contribution in [3.05, 3.63) is 113 Å². The zero-order valence-corrected chi connectivity index (χ0v) is 25.5. The van der Waals surface area contributed by atoms with Crippen LogP contribution >= 0.6 is 22.6 Å². The van der Waals surface area contributed by atoms with Crippen LogP contribution in [0, 0.1) is 3.57 Å². The number of carbonyl (C=O) groups is 1. The lowest BCUT2D eigenvalue weighted by molar-refractivity contribution is 0.0978. The number of rotatable bonds is 10. The first-order valence-electron chi connectivity index (χ1n) is 13.6. The second kappa shape index (κ2) is 14.9. The van der Waals surface area contributed by atoms with Crippen molar-refractivity contribution in [3.8, 4) is 5.75 Å². The van der Waals surface area contributed by atoms with E-state index in [1.165, 1.54) is 0 Å². The van der Waals surface area contributed by atoms with Crippen molar-refractivity contribution < 1.29 is 14.3 Å². The van der Waals surface area contributed by atoms with Crippen LogP contribution in [0.15, 0.2) is 140 Å². The van der Waals surface area contributed by atoms with Crippen LogP contribution in [-0.2, 0) is 4.74 Å². The van der Waals surface area contributed by atoms with Crippen molar-refractivity contribution in [2.75, 3.05) is 6.61 Å². The Kier molecular flexibility index (Phi) is 10.3. The number of ether oxygens (including phenoxy) is 2. The summed E-state index contributed by atoms with van der Waals surface area (Å²) in [6.07, 6.45) is 1.02. The van der Waals surface area contributed by atoms with E-state index in [1.54, 1.807) is 24.3 Å². The number of carbonyl (C=O) groups excluding carboxylic acids is 1. The van der Waals surface area contributed by atoms with Crippen molar-refractivity contribution in [1.29, 1.82) is 0 Å². The lowest BCUT2D eigenvalue weighted by Gasteiger charge is -2.05. The summed E-state index contributed by atoms with van der Waals surface area (Å²) >= 11 is 2.26. The van der Waals surface area contributed by atoms with Gasteiger partial charge in [-0.3, -0.25) is 0 Å². The van der Waals surface area contributed by atoms with E-state index in [4.69, 9.17) is 9.47 Å². The molecule has 0 amide bonds. The molecule has 0 aromatic heterocycles. The minimum Gasteiger partial charge on any atom is -0.434 e. The molecule has 0 fully saturated rings. The Morgan fingerprint density at radius 3 is 1.53 bits per heavy atom. The molecule has 10 heteroatoms. The van der Waals surface area contributed by atoms with Gasteiger partial charge in [0, 0.05) is 14.3 Å². The van der Waals surface area contributed by atoms with Crippen molar-refractivity contribution in [1.82, 2.24) is 0 Å². The lowest BCUT2D eigenvalue weighted by Crippen LogP contribution is -2.11. The van der Waals surface area contributed by atoms with Crippen LogP contribution in [-0.4, -0.2) is 12.8 Å². The third-order valence-corrected chi connectivity index (χ3v) is 6.86. The Bertz CT molecular complexity index is 1770. The fraction of sp³-hybridized carbons (Fsp3) is 0.121. The molecule has 9 nitrogen and oxygen atoms in total. The monoisotopic (exact) mass is 682 g/mol. The number of hydrogen-bond acceptors (Lipinski definition) is 9. The number of unbranched alkanes of at least 4 members (excludes halogenated alkanes) is 1.